The molecule has 1 amide bonds. The van der Waals surface area contributed by atoms with Crippen LogP contribution in [0.4, 0.5) is 13.2 Å². The first kappa shape index (κ1) is 21.0. The fourth-order valence-electron chi connectivity index (χ4n) is 3.01. The molecule has 2 rings (SSSR count). The van der Waals surface area contributed by atoms with Gasteiger partial charge in [-0.2, -0.15) is 13.2 Å². The van der Waals surface area contributed by atoms with Crippen LogP contribution >= 0.6 is 0 Å². The summed E-state index contributed by atoms with van der Waals surface area (Å²) in [5, 5.41) is 0. The number of amides is 1. The van der Waals surface area contributed by atoms with Gasteiger partial charge in [0.05, 0.1) is 6.04 Å². The van der Waals surface area contributed by atoms with Gasteiger partial charge in [0.1, 0.15) is 6.61 Å². The number of nitrogens with zero attached hydrogens (tertiary/aromatic N) is 1. The van der Waals surface area contributed by atoms with E-state index in [1.807, 2.05) is 6.92 Å². The van der Waals surface area contributed by atoms with Gasteiger partial charge >= 0.3 is 12.1 Å². The number of hydrogen-bond donors (Lipinski definition) is 0. The van der Waals surface area contributed by atoms with E-state index >= 15 is 0 Å². The van der Waals surface area contributed by atoms with Gasteiger partial charge in [-0.3, -0.25) is 4.79 Å². The van der Waals surface area contributed by atoms with Crippen LogP contribution < -0.4 is 0 Å². The Balaban J connectivity index is 2.22. The van der Waals surface area contributed by atoms with Gasteiger partial charge in [0.2, 0.25) is 5.91 Å². The third-order valence-corrected chi connectivity index (χ3v) is 4.45. The predicted molar refractivity (Wildman–Crippen MR) is 91.4 cm³/mol. The Bertz CT molecular complexity index is 690. The Morgan fingerprint density at radius 2 is 1.96 bits per heavy atom. The Morgan fingerprint density at radius 1 is 1.30 bits per heavy atom. The summed E-state index contributed by atoms with van der Waals surface area (Å²) in [5.41, 5.74) is -3.59. The third kappa shape index (κ3) is 4.16. The van der Waals surface area contributed by atoms with Gasteiger partial charge in [-0.15, -0.1) is 0 Å². The van der Waals surface area contributed by atoms with E-state index in [-0.39, 0.29) is 24.5 Å². The third-order valence-electron chi connectivity index (χ3n) is 4.45. The highest BCUT2D eigenvalue weighted by molar-refractivity contribution is 5.83. The summed E-state index contributed by atoms with van der Waals surface area (Å²) < 4.78 is 51.1. The van der Waals surface area contributed by atoms with E-state index in [0.717, 1.165) is 19.2 Å². The number of benzene rings is 1. The molecule has 8 heteroatoms. The van der Waals surface area contributed by atoms with Crippen LogP contribution in [0.15, 0.2) is 42.6 Å². The van der Waals surface area contributed by atoms with Crippen LogP contribution in [0.5, 0.6) is 0 Å². The summed E-state index contributed by atoms with van der Waals surface area (Å²) in [5.74, 6) is -1.71. The van der Waals surface area contributed by atoms with Crippen LogP contribution in [-0.4, -0.2) is 42.7 Å². The Kier molecular flexibility index (Phi) is 6.64. The molecule has 0 saturated carbocycles. The zero-order valence-electron chi connectivity index (χ0n) is 15.2. The Hall–Kier alpha value is -2.35. The molecule has 148 valence electrons. The maximum Gasteiger partial charge on any atom is 0.432 e. The van der Waals surface area contributed by atoms with Crippen LogP contribution in [0.1, 0.15) is 31.7 Å². The fourth-order valence-corrected chi connectivity index (χ4v) is 3.01. The minimum Gasteiger partial charge on any atom is -0.461 e. The lowest BCUT2D eigenvalue weighted by atomic mass is 9.92. The fraction of sp³-hybridized carbons (Fsp3) is 0.474. The minimum atomic E-state index is -5.02. The number of carbonyl (C=O) groups excluding carboxylic acids is 2. The summed E-state index contributed by atoms with van der Waals surface area (Å²) in [6.45, 7) is 1.55. The second-order valence-corrected chi connectivity index (χ2v) is 6.13. The maximum absolute atomic E-state index is 13.8. The van der Waals surface area contributed by atoms with Crippen molar-refractivity contribution < 1.29 is 32.2 Å². The first-order valence-electron chi connectivity index (χ1n) is 8.60. The zero-order chi connectivity index (χ0) is 20.1. The van der Waals surface area contributed by atoms with Gasteiger partial charge in [0, 0.05) is 25.3 Å². The molecule has 0 spiro atoms. The van der Waals surface area contributed by atoms with Crippen molar-refractivity contribution in [3.8, 4) is 0 Å². The number of likely N-dealkylation sites (tertiary alicyclic amines) is 1. The van der Waals surface area contributed by atoms with Crippen molar-refractivity contribution in [3.63, 3.8) is 0 Å². The number of ether oxygens (including phenoxy) is 2. The van der Waals surface area contributed by atoms with Crippen molar-refractivity contribution in [2.45, 2.75) is 44.0 Å². The number of hydrogen-bond acceptors (Lipinski definition) is 4. The molecule has 1 fully saturated rings. The van der Waals surface area contributed by atoms with Crippen molar-refractivity contribution in [1.82, 2.24) is 4.90 Å². The molecular formula is C19H22F3NO4. The van der Waals surface area contributed by atoms with E-state index < -0.39 is 23.8 Å². The number of esters is 1. The second-order valence-electron chi connectivity index (χ2n) is 6.13. The van der Waals surface area contributed by atoms with Crippen LogP contribution in [0.25, 0.3) is 0 Å². The predicted octanol–water partition coefficient (Wildman–Crippen LogP) is 3.55. The van der Waals surface area contributed by atoms with E-state index in [2.05, 4.69) is 4.74 Å². The number of carbonyl (C=O) groups is 2. The Morgan fingerprint density at radius 3 is 2.52 bits per heavy atom. The highest BCUT2D eigenvalue weighted by atomic mass is 19.4. The molecule has 1 aromatic rings. The summed E-state index contributed by atoms with van der Waals surface area (Å²) >= 11 is 0. The van der Waals surface area contributed by atoms with Crippen LogP contribution in [0, 0.1) is 0 Å². The number of allylic oxidation sites excluding steroid dienone is 1. The molecule has 27 heavy (non-hydrogen) atoms. The van der Waals surface area contributed by atoms with E-state index in [0.29, 0.717) is 12.8 Å². The number of methoxy groups -OCH3 is 1. The highest BCUT2D eigenvalue weighted by Gasteiger charge is 2.64. The summed E-state index contributed by atoms with van der Waals surface area (Å²) in [7, 11) is 0.817. The smallest absolute Gasteiger partial charge is 0.432 e. The van der Waals surface area contributed by atoms with Crippen molar-refractivity contribution >= 4 is 11.9 Å². The molecule has 1 aliphatic heterocycles. The standard InChI is InChI=1S/C19H22F3NO4/c1-3-4-12-23-15(10-11-16(23)24)13-27-17(25)18(26-2,19(20,21)22)14-8-6-5-7-9-14/h4-9,12,15H,3,10-11,13H2,1-2H3/b12-4+/t15-,18?/m0/s1. The number of alkyl halides is 3. The SMILES string of the molecule is CC/C=C/N1C(=O)CC[C@H]1COC(=O)C(OC)(c1ccccc1)C(F)(F)F. The average Bonchev–Trinajstić information content (AvgIpc) is 2.98. The van der Waals surface area contributed by atoms with E-state index in [1.54, 1.807) is 12.3 Å². The molecule has 0 aromatic heterocycles. The van der Waals surface area contributed by atoms with Crippen molar-refractivity contribution in [2.24, 2.45) is 0 Å². The average molecular weight is 385 g/mol. The molecule has 5 nitrogen and oxygen atoms in total. The van der Waals surface area contributed by atoms with Crippen LogP contribution in [0.2, 0.25) is 0 Å². The quantitative estimate of drug-likeness (QED) is 0.674. The van der Waals surface area contributed by atoms with Gasteiger partial charge < -0.3 is 14.4 Å². The molecular weight excluding hydrogens is 363 g/mol. The molecule has 0 N–H and O–H groups in total. The topological polar surface area (TPSA) is 55.8 Å². The van der Waals surface area contributed by atoms with E-state index in [9.17, 15) is 22.8 Å². The maximum atomic E-state index is 13.8. The summed E-state index contributed by atoms with van der Waals surface area (Å²) in [4.78, 5) is 25.8. The van der Waals surface area contributed by atoms with Crippen molar-refractivity contribution in [3.05, 3.63) is 48.2 Å². The van der Waals surface area contributed by atoms with Gasteiger partial charge in [0.15, 0.2) is 0 Å². The minimum absolute atomic E-state index is 0.155. The lowest BCUT2D eigenvalue weighted by Gasteiger charge is -2.33. The molecule has 2 atom stereocenters. The molecule has 0 aliphatic carbocycles. The van der Waals surface area contributed by atoms with Crippen molar-refractivity contribution in [1.29, 1.82) is 0 Å². The van der Waals surface area contributed by atoms with E-state index in [1.165, 1.54) is 23.1 Å². The number of halogens is 3. The molecule has 1 aliphatic rings. The monoisotopic (exact) mass is 385 g/mol. The molecule has 0 radical (unpaired) electrons. The second kappa shape index (κ2) is 8.56. The molecule has 1 heterocycles. The van der Waals surface area contributed by atoms with Gasteiger partial charge in [0.25, 0.3) is 5.60 Å². The van der Waals surface area contributed by atoms with Crippen LogP contribution in [0.3, 0.4) is 0 Å². The number of rotatable bonds is 7. The summed E-state index contributed by atoms with van der Waals surface area (Å²) in [6.07, 6.45) is -0.324. The first-order chi connectivity index (χ1) is 12.8. The highest BCUT2D eigenvalue weighted by Crippen LogP contribution is 2.43. The Labute approximate surface area is 155 Å². The van der Waals surface area contributed by atoms with Gasteiger partial charge in [-0.05, 0) is 12.8 Å². The van der Waals surface area contributed by atoms with Gasteiger partial charge in [-0.1, -0.05) is 43.3 Å². The lowest BCUT2D eigenvalue weighted by molar-refractivity contribution is -0.276. The van der Waals surface area contributed by atoms with Gasteiger partial charge in [-0.25, -0.2) is 4.79 Å². The molecule has 1 unspecified atom stereocenters. The molecule has 1 saturated heterocycles. The first-order valence-corrected chi connectivity index (χ1v) is 8.60. The largest absolute Gasteiger partial charge is 0.461 e. The van der Waals surface area contributed by atoms with Crippen LogP contribution in [-0.2, 0) is 24.7 Å². The molecule has 0 bridgehead atoms. The lowest BCUT2D eigenvalue weighted by Crippen LogP contribution is -2.52. The van der Waals surface area contributed by atoms with E-state index in [4.69, 9.17) is 4.74 Å². The van der Waals surface area contributed by atoms with Crippen molar-refractivity contribution in [2.75, 3.05) is 13.7 Å². The zero-order valence-corrected chi connectivity index (χ0v) is 15.2. The normalized spacial score (nSPS) is 20.1. The summed E-state index contributed by atoms with van der Waals surface area (Å²) in [6, 6.07) is 6.13. The molecule has 1 aromatic carbocycles.